The molecule has 0 saturated carbocycles. The summed E-state index contributed by atoms with van der Waals surface area (Å²) in [7, 11) is 0. The maximum Gasteiger partial charge on any atom is 0.345 e. The minimum atomic E-state index is -0.270. The van der Waals surface area contributed by atoms with E-state index in [4.69, 9.17) is 0 Å². The minimum absolute atomic E-state index is 0. The summed E-state index contributed by atoms with van der Waals surface area (Å²) in [6.07, 6.45) is 11.9. The molecule has 0 bridgehead atoms. The van der Waals surface area contributed by atoms with Gasteiger partial charge in [-0.05, 0) is 133 Å². The number of rotatable bonds is 10. The Morgan fingerprint density at radius 1 is 0.394 bits per heavy atom. The normalized spacial score (nSPS) is 16.1. The molecule has 2 fully saturated rings. The molecule has 4 aromatic carbocycles. The van der Waals surface area contributed by atoms with Crippen LogP contribution >= 0.6 is 24.8 Å². The first-order chi connectivity index (χ1) is 33.2. The number of nitrogens with zero attached hydrogens (tertiary/aromatic N) is 8. The molecule has 2 N–H and O–H groups in total. The molecule has 0 atom stereocenters. The molecule has 71 heavy (non-hydrogen) atoms. The van der Waals surface area contributed by atoms with Gasteiger partial charge in [0.1, 0.15) is 34.9 Å². The molecule has 17 heteroatoms. The monoisotopic (exact) mass is 1020 g/mol. The molecule has 11 nitrogen and oxygen atoms in total. The van der Waals surface area contributed by atoms with Crippen molar-refractivity contribution in [3.63, 3.8) is 0 Å². The van der Waals surface area contributed by atoms with E-state index in [1.807, 2.05) is 9.13 Å². The summed E-state index contributed by atoms with van der Waals surface area (Å²) in [6, 6.07) is 26.1. The molecule has 10 rings (SSSR count). The number of fused-ring (bicyclic) bond motifs is 2. The van der Waals surface area contributed by atoms with Gasteiger partial charge in [-0.15, -0.1) is 24.8 Å². The highest BCUT2D eigenvalue weighted by molar-refractivity contribution is 5.86. The molecular weight excluding hydrogens is 956 g/mol. The number of likely N-dealkylation sites (tertiary alicyclic amines) is 2. The van der Waals surface area contributed by atoms with E-state index < -0.39 is 0 Å². The standard InChI is InChI=1S/2C27H30F2N4O.2ClH.H2O/c2*28-23-9-5-20(6-10-23)26(21-7-11-24(29)12-8-21)22-13-16-31(17-14-22)18-19-33-27(34)32-15-3-1-2-4-25(32)30-33;;;/h2*5-12H,1-4,13-19H2;2*1H;1H2. The lowest BCUT2D eigenvalue weighted by Crippen LogP contribution is -2.36. The fourth-order valence-corrected chi connectivity index (χ4v) is 10.2. The Morgan fingerprint density at radius 2 is 0.690 bits per heavy atom. The smallest absolute Gasteiger partial charge is 0.345 e. The Morgan fingerprint density at radius 3 is 0.986 bits per heavy atom. The first-order valence-electron chi connectivity index (χ1n) is 24.4. The van der Waals surface area contributed by atoms with E-state index in [9.17, 15) is 27.2 Å². The van der Waals surface area contributed by atoms with Crippen molar-refractivity contribution in [2.75, 3.05) is 39.3 Å². The molecule has 0 aliphatic carbocycles. The SMILES string of the molecule is Cl.Cl.O.O=c1n(CCN2CCC(=C(c3ccc(F)cc3)c3ccc(F)cc3)CC2)nc2n1CCCCC2.O=c1n(CCN2CCC(=C(c3ccc(F)cc3)c3ccc(F)cc3)CC2)nc2n1CCCCC2. The first-order valence-corrected chi connectivity index (χ1v) is 24.4. The summed E-state index contributed by atoms with van der Waals surface area (Å²) >= 11 is 0. The molecule has 2 aromatic heterocycles. The fourth-order valence-electron chi connectivity index (χ4n) is 10.2. The number of aryl methyl sites for hydroxylation is 2. The van der Waals surface area contributed by atoms with Crippen molar-refractivity contribution in [1.29, 1.82) is 0 Å². The third-order valence-corrected chi connectivity index (χ3v) is 14.0. The number of benzene rings is 4. The molecule has 6 heterocycles. The molecule has 0 radical (unpaired) electrons. The van der Waals surface area contributed by atoms with Crippen molar-refractivity contribution in [3.05, 3.63) is 186 Å². The van der Waals surface area contributed by atoms with Gasteiger partial charge < -0.3 is 15.3 Å². The predicted octanol–water partition coefficient (Wildman–Crippen LogP) is 9.31. The van der Waals surface area contributed by atoms with E-state index in [0.717, 1.165) is 174 Å². The van der Waals surface area contributed by atoms with Gasteiger partial charge in [-0.25, -0.2) is 36.5 Å². The zero-order chi connectivity index (χ0) is 47.0. The van der Waals surface area contributed by atoms with E-state index in [1.54, 1.807) is 57.9 Å². The summed E-state index contributed by atoms with van der Waals surface area (Å²) in [5.74, 6) is 0.773. The molecule has 0 unspecified atom stereocenters. The molecule has 2 saturated heterocycles. The van der Waals surface area contributed by atoms with Crippen LogP contribution in [-0.2, 0) is 39.0 Å². The molecule has 380 valence electrons. The lowest BCUT2D eigenvalue weighted by Gasteiger charge is -2.30. The second-order valence-corrected chi connectivity index (χ2v) is 18.4. The van der Waals surface area contributed by atoms with Gasteiger partial charge in [-0.1, -0.05) is 72.5 Å². The van der Waals surface area contributed by atoms with E-state index >= 15 is 0 Å². The van der Waals surface area contributed by atoms with Crippen LogP contribution in [0.15, 0.2) is 118 Å². The molecule has 4 aliphatic heterocycles. The highest BCUT2D eigenvalue weighted by atomic mass is 35.5. The highest BCUT2D eigenvalue weighted by Gasteiger charge is 2.23. The summed E-state index contributed by atoms with van der Waals surface area (Å²) in [5, 5.41) is 9.20. The van der Waals surface area contributed by atoms with Crippen LogP contribution in [0, 0.1) is 23.3 Å². The second-order valence-electron chi connectivity index (χ2n) is 18.4. The van der Waals surface area contributed by atoms with Gasteiger partial charge in [0.05, 0.1) is 13.1 Å². The second kappa shape index (κ2) is 25.7. The van der Waals surface area contributed by atoms with Crippen molar-refractivity contribution in [1.82, 2.24) is 38.5 Å². The summed E-state index contributed by atoms with van der Waals surface area (Å²) in [5.41, 5.74) is 8.53. The number of piperidine rings is 2. The van der Waals surface area contributed by atoms with Crippen LogP contribution in [0.4, 0.5) is 17.6 Å². The Labute approximate surface area is 424 Å². The minimum Gasteiger partial charge on any atom is -0.412 e. The first kappa shape index (κ1) is 54.7. The molecule has 0 spiro atoms. The third kappa shape index (κ3) is 13.5. The van der Waals surface area contributed by atoms with E-state index in [2.05, 4.69) is 20.0 Å². The Kier molecular flexibility index (Phi) is 19.8. The van der Waals surface area contributed by atoms with Gasteiger partial charge in [0.2, 0.25) is 0 Å². The van der Waals surface area contributed by atoms with Crippen molar-refractivity contribution in [3.8, 4) is 0 Å². The molecular formula is C54H64Cl2F4N8O3. The van der Waals surface area contributed by atoms with Gasteiger partial charge in [0.25, 0.3) is 0 Å². The molecule has 4 aliphatic rings. The fraction of sp³-hybridized carbons (Fsp3) is 0.407. The van der Waals surface area contributed by atoms with Gasteiger partial charge >= 0.3 is 11.4 Å². The maximum absolute atomic E-state index is 13.5. The Balaban J connectivity index is 0.000000223. The van der Waals surface area contributed by atoms with Crippen LogP contribution in [0.3, 0.4) is 0 Å². The summed E-state index contributed by atoms with van der Waals surface area (Å²) in [6.45, 7) is 7.84. The lowest BCUT2D eigenvalue weighted by molar-refractivity contribution is 0.241. The van der Waals surface area contributed by atoms with Gasteiger partial charge in [0.15, 0.2) is 0 Å². The molecule has 0 amide bonds. The van der Waals surface area contributed by atoms with Crippen LogP contribution in [0.25, 0.3) is 11.1 Å². The van der Waals surface area contributed by atoms with Crippen molar-refractivity contribution in [2.24, 2.45) is 0 Å². The van der Waals surface area contributed by atoms with Crippen molar-refractivity contribution in [2.45, 2.75) is 103 Å². The highest BCUT2D eigenvalue weighted by Crippen LogP contribution is 2.34. The Hall–Kier alpha value is -5.58. The largest absolute Gasteiger partial charge is 0.412 e. The summed E-state index contributed by atoms with van der Waals surface area (Å²) < 4.78 is 61.1. The van der Waals surface area contributed by atoms with Crippen LogP contribution in [0.5, 0.6) is 0 Å². The van der Waals surface area contributed by atoms with Gasteiger partial charge in [-0.2, -0.15) is 10.2 Å². The number of aromatic nitrogens is 6. The van der Waals surface area contributed by atoms with E-state index in [0.29, 0.717) is 13.1 Å². The van der Waals surface area contributed by atoms with Gasteiger partial charge in [0, 0.05) is 65.2 Å². The lowest BCUT2D eigenvalue weighted by atomic mass is 9.88. The topological polar surface area (TPSA) is 118 Å². The third-order valence-electron chi connectivity index (χ3n) is 14.0. The van der Waals surface area contributed by atoms with Crippen LogP contribution in [0.1, 0.15) is 98.1 Å². The zero-order valence-electron chi connectivity index (χ0n) is 40.0. The zero-order valence-corrected chi connectivity index (χ0v) is 41.6. The average Bonchev–Trinajstić information content (AvgIpc) is 3.56. The number of halogens is 6. The van der Waals surface area contributed by atoms with Crippen molar-refractivity contribution < 1.29 is 23.0 Å². The predicted molar refractivity (Wildman–Crippen MR) is 275 cm³/mol. The maximum atomic E-state index is 13.5. The van der Waals surface area contributed by atoms with Crippen LogP contribution < -0.4 is 11.4 Å². The van der Waals surface area contributed by atoms with Crippen LogP contribution in [-0.4, -0.2) is 83.2 Å². The molecule has 6 aromatic rings. The van der Waals surface area contributed by atoms with Crippen LogP contribution in [0.2, 0.25) is 0 Å². The average molecular weight is 1020 g/mol. The number of hydrogen-bond acceptors (Lipinski definition) is 6. The van der Waals surface area contributed by atoms with Crippen molar-refractivity contribution >= 4 is 36.0 Å². The summed E-state index contributed by atoms with van der Waals surface area (Å²) in [4.78, 5) is 30.2. The van der Waals surface area contributed by atoms with E-state index in [1.165, 1.54) is 59.7 Å². The Bertz CT molecular complexity index is 2550. The quantitative estimate of drug-likeness (QED) is 0.126. The van der Waals surface area contributed by atoms with Gasteiger partial charge in [-0.3, -0.25) is 9.13 Å². The number of hydrogen-bond donors (Lipinski definition) is 0. The van der Waals surface area contributed by atoms with E-state index in [-0.39, 0.29) is 64.9 Å².